The molecule has 0 aromatic carbocycles. The molecular formula is C7H11ClN2O2. The highest BCUT2D eigenvalue weighted by Crippen LogP contribution is 2.03. The molecule has 0 aliphatic heterocycles. The van der Waals surface area contributed by atoms with Crippen molar-refractivity contribution in [2.75, 3.05) is 0 Å². The Labute approximate surface area is 76.4 Å². The number of aromatic amines is 1. The summed E-state index contributed by atoms with van der Waals surface area (Å²) in [5.74, 6) is -1.13. The van der Waals surface area contributed by atoms with Crippen LogP contribution in [0, 0.1) is 5.92 Å². The van der Waals surface area contributed by atoms with E-state index in [9.17, 15) is 4.79 Å². The predicted octanol–water partition coefficient (Wildman–Crippen LogP) is 1.09. The van der Waals surface area contributed by atoms with Crippen molar-refractivity contribution in [3.8, 4) is 0 Å². The van der Waals surface area contributed by atoms with E-state index in [4.69, 9.17) is 5.11 Å². The molecule has 12 heavy (non-hydrogen) atoms. The maximum absolute atomic E-state index is 10.4. The molecule has 1 aromatic heterocycles. The molecular weight excluding hydrogens is 180 g/mol. The molecule has 0 radical (unpaired) electrons. The molecule has 2 N–H and O–H groups in total. The van der Waals surface area contributed by atoms with Crippen molar-refractivity contribution < 1.29 is 9.90 Å². The Balaban J connectivity index is 0.00000121. The van der Waals surface area contributed by atoms with Gasteiger partial charge in [0.05, 0.1) is 12.2 Å². The molecule has 68 valence electrons. The van der Waals surface area contributed by atoms with Crippen LogP contribution < -0.4 is 0 Å². The van der Waals surface area contributed by atoms with Crippen molar-refractivity contribution in [3.63, 3.8) is 0 Å². The normalized spacial score (nSPS) is 11.8. The SMILES string of the molecule is CC(Cc1cnc[nH]1)C(=O)O.Cl. The van der Waals surface area contributed by atoms with E-state index in [0.29, 0.717) is 6.42 Å². The van der Waals surface area contributed by atoms with Crippen LogP contribution >= 0.6 is 12.4 Å². The largest absolute Gasteiger partial charge is 0.481 e. The van der Waals surface area contributed by atoms with Crippen LogP contribution in [0.5, 0.6) is 0 Å². The molecule has 1 rings (SSSR count). The van der Waals surface area contributed by atoms with E-state index in [1.54, 1.807) is 19.4 Å². The van der Waals surface area contributed by atoms with Gasteiger partial charge in [-0.25, -0.2) is 4.98 Å². The van der Waals surface area contributed by atoms with E-state index in [1.807, 2.05) is 0 Å². The minimum Gasteiger partial charge on any atom is -0.481 e. The third-order valence-electron chi connectivity index (χ3n) is 1.50. The minimum atomic E-state index is -0.778. The molecule has 1 heterocycles. The Bertz CT molecular complexity index is 236. The van der Waals surface area contributed by atoms with Gasteiger partial charge in [-0.3, -0.25) is 4.79 Å². The third-order valence-corrected chi connectivity index (χ3v) is 1.50. The first-order valence-electron chi connectivity index (χ1n) is 3.40. The topological polar surface area (TPSA) is 66.0 Å². The third kappa shape index (κ3) is 2.92. The van der Waals surface area contributed by atoms with E-state index >= 15 is 0 Å². The van der Waals surface area contributed by atoms with Crippen LogP contribution in [-0.4, -0.2) is 21.0 Å². The van der Waals surface area contributed by atoms with Gasteiger partial charge in [-0.2, -0.15) is 0 Å². The first-order valence-corrected chi connectivity index (χ1v) is 3.40. The number of carboxylic acid groups (broad SMARTS) is 1. The zero-order valence-corrected chi connectivity index (χ0v) is 7.47. The Kier molecular flexibility index (Phi) is 4.36. The number of rotatable bonds is 3. The Morgan fingerprint density at radius 1 is 1.83 bits per heavy atom. The van der Waals surface area contributed by atoms with Crippen molar-refractivity contribution >= 4 is 18.4 Å². The Morgan fingerprint density at radius 3 is 2.92 bits per heavy atom. The summed E-state index contributed by atoms with van der Waals surface area (Å²) < 4.78 is 0. The molecule has 0 bridgehead atoms. The van der Waals surface area contributed by atoms with Crippen molar-refractivity contribution in [3.05, 3.63) is 18.2 Å². The zero-order valence-electron chi connectivity index (χ0n) is 6.65. The van der Waals surface area contributed by atoms with E-state index in [0.717, 1.165) is 5.69 Å². The molecule has 0 fully saturated rings. The molecule has 0 amide bonds. The van der Waals surface area contributed by atoms with Crippen molar-refractivity contribution in [2.24, 2.45) is 5.92 Å². The van der Waals surface area contributed by atoms with Crippen molar-refractivity contribution in [2.45, 2.75) is 13.3 Å². The van der Waals surface area contributed by atoms with Crippen LogP contribution in [0.15, 0.2) is 12.5 Å². The van der Waals surface area contributed by atoms with E-state index in [2.05, 4.69) is 9.97 Å². The number of nitrogens with zero attached hydrogens (tertiary/aromatic N) is 1. The summed E-state index contributed by atoms with van der Waals surface area (Å²) >= 11 is 0. The molecule has 5 heteroatoms. The highest BCUT2D eigenvalue weighted by atomic mass is 35.5. The lowest BCUT2D eigenvalue weighted by Gasteiger charge is -2.01. The number of H-pyrrole nitrogens is 1. The fourth-order valence-electron chi connectivity index (χ4n) is 0.813. The van der Waals surface area contributed by atoms with Gasteiger partial charge in [-0.1, -0.05) is 6.92 Å². The van der Waals surface area contributed by atoms with E-state index in [1.165, 1.54) is 0 Å². The smallest absolute Gasteiger partial charge is 0.306 e. The van der Waals surface area contributed by atoms with Gasteiger partial charge in [0.2, 0.25) is 0 Å². The van der Waals surface area contributed by atoms with Gasteiger partial charge in [-0.15, -0.1) is 12.4 Å². The van der Waals surface area contributed by atoms with Gasteiger partial charge in [-0.05, 0) is 0 Å². The van der Waals surface area contributed by atoms with Crippen LogP contribution in [0.4, 0.5) is 0 Å². The quantitative estimate of drug-likeness (QED) is 0.750. The summed E-state index contributed by atoms with van der Waals surface area (Å²) in [4.78, 5) is 17.0. The standard InChI is InChI=1S/C7H10N2O2.ClH/c1-5(7(10)11)2-6-3-8-4-9-6;/h3-5H,2H2,1H3,(H,8,9)(H,10,11);1H. The molecule has 1 unspecified atom stereocenters. The van der Waals surface area contributed by atoms with Gasteiger partial charge < -0.3 is 10.1 Å². The molecule has 4 nitrogen and oxygen atoms in total. The van der Waals surface area contributed by atoms with E-state index in [-0.39, 0.29) is 18.3 Å². The maximum Gasteiger partial charge on any atom is 0.306 e. The summed E-state index contributed by atoms with van der Waals surface area (Å²) in [6.07, 6.45) is 3.69. The molecule has 1 atom stereocenters. The lowest BCUT2D eigenvalue weighted by atomic mass is 10.1. The Morgan fingerprint density at radius 2 is 2.50 bits per heavy atom. The number of nitrogens with one attached hydrogen (secondary N) is 1. The molecule has 0 spiro atoms. The lowest BCUT2D eigenvalue weighted by molar-refractivity contribution is -0.141. The van der Waals surface area contributed by atoms with E-state index < -0.39 is 5.97 Å². The number of hydrogen-bond acceptors (Lipinski definition) is 2. The average molecular weight is 191 g/mol. The van der Waals surface area contributed by atoms with Crippen LogP contribution in [0.3, 0.4) is 0 Å². The number of carbonyl (C=O) groups is 1. The molecule has 0 saturated carbocycles. The average Bonchev–Trinajstić information content (AvgIpc) is 2.39. The second-order valence-electron chi connectivity index (χ2n) is 2.52. The summed E-state index contributed by atoms with van der Waals surface area (Å²) in [6.45, 7) is 1.67. The minimum absolute atomic E-state index is 0. The summed E-state index contributed by atoms with van der Waals surface area (Å²) in [5, 5.41) is 8.55. The number of aromatic nitrogens is 2. The zero-order chi connectivity index (χ0) is 8.27. The number of aliphatic carboxylic acids is 1. The Hall–Kier alpha value is -1.03. The number of hydrogen-bond donors (Lipinski definition) is 2. The molecule has 0 saturated heterocycles. The highest BCUT2D eigenvalue weighted by molar-refractivity contribution is 5.85. The molecule has 1 aromatic rings. The summed E-state index contributed by atoms with van der Waals surface area (Å²) in [6, 6.07) is 0. The van der Waals surface area contributed by atoms with Crippen LogP contribution in [-0.2, 0) is 11.2 Å². The molecule has 0 aliphatic rings. The van der Waals surface area contributed by atoms with Gasteiger partial charge in [0.25, 0.3) is 0 Å². The van der Waals surface area contributed by atoms with Crippen LogP contribution in [0.25, 0.3) is 0 Å². The lowest BCUT2D eigenvalue weighted by Crippen LogP contribution is -2.12. The van der Waals surface area contributed by atoms with Gasteiger partial charge in [0.1, 0.15) is 0 Å². The first-order chi connectivity index (χ1) is 5.20. The van der Waals surface area contributed by atoms with Gasteiger partial charge >= 0.3 is 5.97 Å². The predicted molar refractivity (Wildman–Crippen MR) is 46.3 cm³/mol. The maximum atomic E-state index is 10.4. The first kappa shape index (κ1) is 11.0. The highest BCUT2D eigenvalue weighted by Gasteiger charge is 2.11. The van der Waals surface area contributed by atoms with Crippen molar-refractivity contribution in [1.82, 2.24) is 9.97 Å². The number of carboxylic acids is 1. The van der Waals surface area contributed by atoms with Crippen molar-refractivity contribution in [1.29, 1.82) is 0 Å². The van der Waals surface area contributed by atoms with Gasteiger partial charge in [0, 0.05) is 18.3 Å². The number of halogens is 1. The van der Waals surface area contributed by atoms with Crippen LogP contribution in [0.2, 0.25) is 0 Å². The second kappa shape index (κ2) is 4.77. The second-order valence-corrected chi connectivity index (χ2v) is 2.52. The summed E-state index contributed by atoms with van der Waals surface area (Å²) in [7, 11) is 0. The fraction of sp³-hybridized carbons (Fsp3) is 0.429. The van der Waals surface area contributed by atoms with Gasteiger partial charge in [0.15, 0.2) is 0 Å². The number of imidazole rings is 1. The monoisotopic (exact) mass is 190 g/mol. The summed E-state index contributed by atoms with van der Waals surface area (Å²) in [5.41, 5.74) is 0.861. The van der Waals surface area contributed by atoms with Crippen LogP contribution in [0.1, 0.15) is 12.6 Å². The fourth-order valence-corrected chi connectivity index (χ4v) is 0.813. The molecule has 0 aliphatic carbocycles.